The summed E-state index contributed by atoms with van der Waals surface area (Å²) in [6.07, 6.45) is -4.12. The number of carboxylic acids is 1. The van der Waals surface area contributed by atoms with Gasteiger partial charge in [-0.2, -0.15) is 0 Å². The molecule has 0 heterocycles. The predicted molar refractivity (Wildman–Crippen MR) is 38.4 cm³/mol. The summed E-state index contributed by atoms with van der Waals surface area (Å²) in [5, 5.41) is 8.23. The van der Waals surface area contributed by atoms with Gasteiger partial charge in [0, 0.05) is 5.92 Å². The van der Waals surface area contributed by atoms with Crippen LogP contribution in [-0.2, 0) is 14.3 Å². The van der Waals surface area contributed by atoms with Crippen molar-refractivity contribution in [3.63, 3.8) is 0 Å². The molecule has 13 heavy (non-hydrogen) atoms. The Morgan fingerprint density at radius 2 is 1.92 bits per heavy atom. The molecule has 0 amide bonds. The lowest BCUT2D eigenvalue weighted by molar-refractivity contribution is -0.145. The molecule has 0 saturated carbocycles. The van der Waals surface area contributed by atoms with E-state index in [1.807, 2.05) is 0 Å². The van der Waals surface area contributed by atoms with Crippen LogP contribution in [0.2, 0.25) is 0 Å². The van der Waals surface area contributed by atoms with Crippen LogP contribution >= 0.6 is 0 Å². The van der Waals surface area contributed by atoms with Gasteiger partial charge in [-0.3, -0.25) is 9.59 Å². The number of methoxy groups -OCH3 is 1. The Hall–Kier alpha value is -1.20. The fraction of sp³-hybridized carbons (Fsp3) is 0.714. The van der Waals surface area contributed by atoms with Gasteiger partial charge in [-0.1, -0.05) is 0 Å². The zero-order chi connectivity index (χ0) is 10.4. The maximum absolute atomic E-state index is 12.1. The Morgan fingerprint density at radius 3 is 2.23 bits per heavy atom. The molecule has 0 fully saturated rings. The second-order valence-corrected chi connectivity index (χ2v) is 2.47. The van der Waals surface area contributed by atoms with Crippen LogP contribution in [0, 0.1) is 5.92 Å². The Morgan fingerprint density at radius 1 is 1.38 bits per heavy atom. The van der Waals surface area contributed by atoms with Gasteiger partial charge < -0.3 is 9.84 Å². The first-order chi connectivity index (χ1) is 5.97. The minimum atomic E-state index is -2.82. The summed E-state index contributed by atoms with van der Waals surface area (Å²) in [5.74, 6) is -3.65. The molecule has 1 unspecified atom stereocenters. The molecule has 0 rings (SSSR count). The highest BCUT2D eigenvalue weighted by Crippen LogP contribution is 2.18. The molecule has 76 valence electrons. The maximum Gasteiger partial charge on any atom is 0.306 e. The van der Waals surface area contributed by atoms with Gasteiger partial charge in [-0.05, 0) is 0 Å². The van der Waals surface area contributed by atoms with Crippen LogP contribution in [0.4, 0.5) is 8.78 Å². The molecular formula is C7H10F2O4. The summed E-state index contributed by atoms with van der Waals surface area (Å²) in [6, 6.07) is 0. The van der Waals surface area contributed by atoms with E-state index in [-0.39, 0.29) is 0 Å². The highest BCUT2D eigenvalue weighted by atomic mass is 19.3. The van der Waals surface area contributed by atoms with E-state index in [1.54, 1.807) is 0 Å². The van der Waals surface area contributed by atoms with E-state index < -0.39 is 37.1 Å². The summed E-state index contributed by atoms with van der Waals surface area (Å²) in [7, 11) is 1.06. The van der Waals surface area contributed by atoms with E-state index in [2.05, 4.69) is 4.74 Å². The molecule has 0 saturated heterocycles. The minimum Gasteiger partial charge on any atom is -0.481 e. The summed E-state index contributed by atoms with van der Waals surface area (Å²) in [6.45, 7) is 0. The summed E-state index contributed by atoms with van der Waals surface area (Å²) < 4.78 is 28.3. The molecule has 0 bridgehead atoms. The number of alkyl halides is 2. The second kappa shape index (κ2) is 5.45. The summed E-state index contributed by atoms with van der Waals surface area (Å²) >= 11 is 0. The number of rotatable bonds is 5. The molecule has 0 aliphatic heterocycles. The normalized spacial score (nSPS) is 12.6. The topological polar surface area (TPSA) is 63.6 Å². The quantitative estimate of drug-likeness (QED) is 0.663. The molecule has 0 aliphatic rings. The van der Waals surface area contributed by atoms with Crippen LogP contribution in [0.15, 0.2) is 0 Å². The van der Waals surface area contributed by atoms with Crippen LogP contribution in [0.5, 0.6) is 0 Å². The molecule has 0 aromatic carbocycles. The van der Waals surface area contributed by atoms with Crippen LogP contribution in [0.1, 0.15) is 12.8 Å². The van der Waals surface area contributed by atoms with E-state index in [4.69, 9.17) is 5.11 Å². The number of carboxylic acid groups (broad SMARTS) is 1. The van der Waals surface area contributed by atoms with Gasteiger partial charge >= 0.3 is 11.9 Å². The third kappa shape index (κ3) is 5.10. The van der Waals surface area contributed by atoms with E-state index in [0.717, 1.165) is 7.11 Å². The van der Waals surface area contributed by atoms with Crippen molar-refractivity contribution in [2.24, 2.45) is 5.92 Å². The van der Waals surface area contributed by atoms with Gasteiger partial charge in [0.2, 0.25) is 6.43 Å². The molecule has 0 radical (unpaired) electrons. The number of ether oxygens (including phenoxy) is 1. The van der Waals surface area contributed by atoms with Crippen molar-refractivity contribution >= 4 is 11.9 Å². The standard InChI is InChI=1S/C7H10F2O4/c1-13-6(12)3-4(7(8)9)2-5(10)11/h4,7H,2-3H2,1H3,(H,10,11). The lowest BCUT2D eigenvalue weighted by atomic mass is 10.0. The van der Waals surface area contributed by atoms with Crippen molar-refractivity contribution < 1.29 is 28.2 Å². The van der Waals surface area contributed by atoms with Gasteiger partial charge in [0.1, 0.15) is 0 Å². The van der Waals surface area contributed by atoms with Crippen LogP contribution < -0.4 is 0 Å². The smallest absolute Gasteiger partial charge is 0.306 e. The van der Waals surface area contributed by atoms with Crippen molar-refractivity contribution in [1.29, 1.82) is 0 Å². The maximum atomic E-state index is 12.1. The molecule has 0 aromatic rings. The van der Waals surface area contributed by atoms with E-state index in [9.17, 15) is 18.4 Å². The van der Waals surface area contributed by atoms with E-state index >= 15 is 0 Å². The highest BCUT2D eigenvalue weighted by Gasteiger charge is 2.26. The molecular weight excluding hydrogens is 186 g/mol. The van der Waals surface area contributed by atoms with Crippen LogP contribution in [0.3, 0.4) is 0 Å². The summed E-state index contributed by atoms with van der Waals surface area (Å²) in [4.78, 5) is 20.7. The molecule has 0 aromatic heterocycles. The van der Waals surface area contributed by atoms with Crippen molar-refractivity contribution in [1.82, 2.24) is 0 Å². The number of carbonyl (C=O) groups excluding carboxylic acids is 1. The third-order valence-corrected chi connectivity index (χ3v) is 1.45. The van der Waals surface area contributed by atoms with Gasteiger partial charge in [0.05, 0.1) is 20.0 Å². The largest absolute Gasteiger partial charge is 0.481 e. The van der Waals surface area contributed by atoms with Gasteiger partial charge in [0.15, 0.2) is 0 Å². The first-order valence-electron chi connectivity index (χ1n) is 3.54. The third-order valence-electron chi connectivity index (χ3n) is 1.45. The lowest BCUT2D eigenvalue weighted by Crippen LogP contribution is -2.20. The minimum absolute atomic E-state index is 0.569. The summed E-state index contributed by atoms with van der Waals surface area (Å²) in [5.41, 5.74) is 0. The Labute approximate surface area is 73.5 Å². The molecule has 1 atom stereocenters. The number of esters is 1. The van der Waals surface area contributed by atoms with Gasteiger partial charge in [-0.15, -0.1) is 0 Å². The van der Waals surface area contributed by atoms with Gasteiger partial charge in [0.25, 0.3) is 0 Å². The molecule has 0 spiro atoms. The van der Waals surface area contributed by atoms with Gasteiger partial charge in [-0.25, -0.2) is 8.78 Å². The van der Waals surface area contributed by atoms with E-state index in [1.165, 1.54) is 0 Å². The first kappa shape index (κ1) is 11.8. The van der Waals surface area contributed by atoms with Crippen molar-refractivity contribution in [2.75, 3.05) is 7.11 Å². The van der Waals surface area contributed by atoms with E-state index in [0.29, 0.717) is 0 Å². The second-order valence-electron chi connectivity index (χ2n) is 2.47. The number of carbonyl (C=O) groups is 2. The Balaban J connectivity index is 4.09. The Kier molecular flexibility index (Phi) is 4.94. The monoisotopic (exact) mass is 196 g/mol. The average Bonchev–Trinajstić information content (AvgIpc) is 2.02. The number of halogens is 2. The van der Waals surface area contributed by atoms with Crippen molar-refractivity contribution in [3.8, 4) is 0 Å². The molecule has 1 N–H and O–H groups in total. The number of hydrogen-bond acceptors (Lipinski definition) is 3. The molecule has 0 aliphatic carbocycles. The lowest BCUT2D eigenvalue weighted by Gasteiger charge is -2.11. The highest BCUT2D eigenvalue weighted by molar-refractivity contribution is 5.72. The fourth-order valence-corrected chi connectivity index (χ4v) is 0.772. The van der Waals surface area contributed by atoms with Crippen LogP contribution in [-0.4, -0.2) is 30.6 Å². The van der Waals surface area contributed by atoms with Crippen molar-refractivity contribution in [3.05, 3.63) is 0 Å². The Bertz CT molecular complexity index is 193. The zero-order valence-corrected chi connectivity index (χ0v) is 7.00. The van der Waals surface area contributed by atoms with Crippen LogP contribution in [0.25, 0.3) is 0 Å². The molecule has 6 heteroatoms. The average molecular weight is 196 g/mol. The van der Waals surface area contributed by atoms with Crippen molar-refractivity contribution in [2.45, 2.75) is 19.3 Å². The number of hydrogen-bond donors (Lipinski definition) is 1. The molecule has 4 nitrogen and oxygen atoms in total. The number of aliphatic carboxylic acids is 1. The predicted octanol–water partition coefficient (Wildman–Crippen LogP) is 0.905. The zero-order valence-electron chi connectivity index (χ0n) is 7.00. The first-order valence-corrected chi connectivity index (χ1v) is 3.54. The fourth-order valence-electron chi connectivity index (χ4n) is 0.772. The SMILES string of the molecule is COC(=O)CC(CC(=O)O)C(F)F.